The maximum atomic E-state index is 13.0. The highest BCUT2D eigenvalue weighted by Gasteiger charge is 2.21. The Hall–Kier alpha value is -2.72. The molecule has 10 heteroatoms. The molecule has 10 nitrogen and oxygen atoms in total. The Bertz CT molecular complexity index is 988. The summed E-state index contributed by atoms with van der Waals surface area (Å²) in [5.41, 5.74) is 11.7. The van der Waals surface area contributed by atoms with Gasteiger partial charge < -0.3 is 30.9 Å². The summed E-state index contributed by atoms with van der Waals surface area (Å²) in [5.74, 6) is -1.48. The third kappa shape index (κ3) is 38.0. The Morgan fingerprint density at radius 3 is 1.29 bits per heavy atom. The number of nitrogens with zero attached hydrogens (tertiary/aromatic N) is 1. The van der Waals surface area contributed by atoms with Crippen LogP contribution in [0.1, 0.15) is 200 Å². The van der Waals surface area contributed by atoms with Crippen LogP contribution in [0.2, 0.25) is 0 Å². The van der Waals surface area contributed by atoms with Crippen LogP contribution in [0.3, 0.4) is 0 Å². The number of carbonyl (C=O) groups is 4. The van der Waals surface area contributed by atoms with E-state index in [9.17, 15) is 19.2 Å². The fraction of sp³-hybridized carbons (Fsp3) is 0.822. The highest BCUT2D eigenvalue weighted by molar-refractivity contribution is 5.81. The summed E-state index contributed by atoms with van der Waals surface area (Å²) in [6.07, 6.45) is 39.4. The maximum absolute atomic E-state index is 13.0. The van der Waals surface area contributed by atoms with Crippen LogP contribution in [0.15, 0.2) is 24.3 Å². The third-order valence-corrected chi connectivity index (χ3v) is 9.92. The minimum Gasteiger partial charge on any atom is -0.481 e. The third-order valence-electron chi connectivity index (χ3n) is 9.92. The lowest BCUT2D eigenvalue weighted by Gasteiger charge is -2.25. The highest BCUT2D eigenvalue weighted by atomic mass is 16.5. The molecular weight excluding hydrogens is 695 g/mol. The number of amides is 1. The second-order valence-corrected chi connectivity index (χ2v) is 15.1. The van der Waals surface area contributed by atoms with Gasteiger partial charge in [0.2, 0.25) is 5.91 Å². The van der Waals surface area contributed by atoms with Crippen molar-refractivity contribution in [1.82, 2.24) is 4.90 Å². The SMILES string of the molecule is CCCCCCCC/C=C\CCCCCCCC(=O)OCCN(CCOC(=O)CCCCCCC/C=C\CCCCCCCC(=O)O)C(=O)[C@@H](N)CCCN. The molecule has 0 saturated carbocycles. The van der Waals surface area contributed by atoms with Crippen molar-refractivity contribution in [2.45, 2.75) is 206 Å². The molecule has 5 N–H and O–H groups in total. The number of esters is 2. The fourth-order valence-corrected chi connectivity index (χ4v) is 6.42. The predicted octanol–water partition coefficient (Wildman–Crippen LogP) is 10.1. The molecule has 0 heterocycles. The van der Waals surface area contributed by atoms with E-state index in [0.717, 1.165) is 103 Å². The molecular formula is C45H83N3O7. The van der Waals surface area contributed by atoms with Crippen molar-refractivity contribution in [3.63, 3.8) is 0 Å². The Kier molecular flexibility index (Phi) is 38.9. The lowest BCUT2D eigenvalue weighted by Crippen LogP contribution is -2.46. The fourth-order valence-electron chi connectivity index (χ4n) is 6.42. The summed E-state index contributed by atoms with van der Waals surface area (Å²) >= 11 is 0. The molecule has 0 aliphatic heterocycles. The summed E-state index contributed by atoms with van der Waals surface area (Å²) in [5, 5.41) is 8.66. The zero-order valence-electron chi connectivity index (χ0n) is 35.1. The second kappa shape index (κ2) is 40.9. The van der Waals surface area contributed by atoms with Gasteiger partial charge in [0.1, 0.15) is 13.2 Å². The molecule has 0 aliphatic rings. The monoisotopic (exact) mass is 778 g/mol. The van der Waals surface area contributed by atoms with Gasteiger partial charge in [-0.05, 0) is 90.0 Å². The molecule has 0 aliphatic carbocycles. The normalized spacial score (nSPS) is 12.1. The van der Waals surface area contributed by atoms with Gasteiger partial charge in [0.05, 0.1) is 19.1 Å². The van der Waals surface area contributed by atoms with Gasteiger partial charge in [-0.25, -0.2) is 0 Å². The van der Waals surface area contributed by atoms with Crippen molar-refractivity contribution >= 4 is 23.8 Å². The van der Waals surface area contributed by atoms with Gasteiger partial charge in [-0.15, -0.1) is 0 Å². The standard InChI is InChI=1S/C45H83N3O7/c1-2-3-4-5-6-7-8-9-10-14-17-20-23-26-29-34-43(51)54-39-37-48(45(53)41(47)32-31-36-46)38-40-55-44(52)35-30-27-24-21-18-15-12-11-13-16-19-22-25-28-33-42(49)50/h9-12,41H,2-8,13-40,46-47H2,1H3,(H,49,50)/b10-9-,12-11-/t41-/m0/s1. The molecule has 0 aromatic heterocycles. The number of aliphatic carboxylic acids is 1. The van der Waals surface area contributed by atoms with Crippen molar-refractivity contribution in [3.05, 3.63) is 24.3 Å². The number of allylic oxidation sites excluding steroid dienone is 4. The first-order chi connectivity index (χ1) is 26.8. The maximum Gasteiger partial charge on any atom is 0.305 e. The topological polar surface area (TPSA) is 162 Å². The summed E-state index contributed by atoms with van der Waals surface area (Å²) in [4.78, 5) is 49.8. The molecule has 1 amide bonds. The highest BCUT2D eigenvalue weighted by Crippen LogP contribution is 2.12. The van der Waals surface area contributed by atoms with E-state index in [4.69, 9.17) is 26.0 Å². The molecule has 0 saturated heterocycles. The van der Waals surface area contributed by atoms with Gasteiger partial charge >= 0.3 is 17.9 Å². The van der Waals surface area contributed by atoms with Crippen LogP contribution in [0, 0.1) is 0 Å². The molecule has 1 atom stereocenters. The van der Waals surface area contributed by atoms with Crippen molar-refractivity contribution < 1.29 is 33.8 Å². The van der Waals surface area contributed by atoms with Crippen LogP contribution in [-0.4, -0.2) is 72.7 Å². The zero-order chi connectivity index (χ0) is 40.5. The number of hydrogen-bond acceptors (Lipinski definition) is 8. The minimum absolute atomic E-state index is 0.0775. The molecule has 0 bridgehead atoms. The average molecular weight is 778 g/mol. The molecule has 55 heavy (non-hydrogen) atoms. The van der Waals surface area contributed by atoms with E-state index in [0.29, 0.717) is 32.2 Å². The zero-order valence-corrected chi connectivity index (χ0v) is 35.1. The Morgan fingerprint density at radius 1 is 0.545 bits per heavy atom. The number of carboxylic acids is 1. The first-order valence-electron chi connectivity index (χ1n) is 22.4. The van der Waals surface area contributed by atoms with Gasteiger partial charge in [-0.2, -0.15) is 0 Å². The molecule has 0 aromatic rings. The number of unbranched alkanes of at least 4 members (excludes halogenated alkanes) is 21. The molecule has 0 rings (SSSR count). The van der Waals surface area contributed by atoms with Crippen LogP contribution < -0.4 is 11.5 Å². The van der Waals surface area contributed by atoms with E-state index in [1.165, 1.54) is 62.7 Å². The lowest BCUT2D eigenvalue weighted by molar-refractivity contribution is -0.148. The minimum atomic E-state index is -0.706. The van der Waals surface area contributed by atoms with Gasteiger partial charge in [-0.3, -0.25) is 19.2 Å². The lowest BCUT2D eigenvalue weighted by atomic mass is 10.1. The van der Waals surface area contributed by atoms with E-state index in [1.807, 2.05) is 0 Å². The number of nitrogens with two attached hydrogens (primary N) is 2. The molecule has 0 aromatic carbocycles. The first-order valence-corrected chi connectivity index (χ1v) is 22.4. The number of carboxylic acid groups (broad SMARTS) is 1. The van der Waals surface area contributed by atoms with E-state index in [1.54, 1.807) is 0 Å². The largest absolute Gasteiger partial charge is 0.481 e. The summed E-state index contributed by atoms with van der Waals surface area (Å²) in [7, 11) is 0. The Balaban J connectivity index is 4.07. The summed E-state index contributed by atoms with van der Waals surface area (Å²) in [6, 6.07) is -0.700. The van der Waals surface area contributed by atoms with Crippen LogP contribution >= 0.6 is 0 Å². The van der Waals surface area contributed by atoms with Crippen molar-refractivity contribution in [2.24, 2.45) is 11.5 Å². The smallest absolute Gasteiger partial charge is 0.305 e. The number of rotatable bonds is 41. The van der Waals surface area contributed by atoms with Crippen LogP contribution in [-0.2, 0) is 28.7 Å². The second-order valence-electron chi connectivity index (χ2n) is 15.1. The Labute approximate surface area is 336 Å². The van der Waals surface area contributed by atoms with E-state index in [2.05, 4.69) is 31.2 Å². The summed E-state index contributed by atoms with van der Waals surface area (Å²) < 4.78 is 10.9. The van der Waals surface area contributed by atoms with Gasteiger partial charge in [0.25, 0.3) is 0 Å². The van der Waals surface area contributed by atoms with Gasteiger partial charge in [-0.1, -0.05) is 121 Å². The molecule has 0 radical (unpaired) electrons. The van der Waals surface area contributed by atoms with Gasteiger partial charge in [0.15, 0.2) is 0 Å². The van der Waals surface area contributed by atoms with Gasteiger partial charge in [0, 0.05) is 19.3 Å². The first kappa shape index (κ1) is 52.3. The number of carbonyl (C=O) groups excluding carboxylic acids is 3. The molecule has 0 fully saturated rings. The quantitative estimate of drug-likeness (QED) is 0.0312. The van der Waals surface area contributed by atoms with Crippen LogP contribution in [0.4, 0.5) is 0 Å². The Morgan fingerprint density at radius 2 is 0.909 bits per heavy atom. The molecule has 0 spiro atoms. The van der Waals surface area contributed by atoms with Crippen molar-refractivity contribution in [1.29, 1.82) is 0 Å². The van der Waals surface area contributed by atoms with Crippen LogP contribution in [0.25, 0.3) is 0 Å². The molecule has 0 unspecified atom stereocenters. The summed E-state index contributed by atoms with van der Waals surface area (Å²) in [6.45, 7) is 3.27. The van der Waals surface area contributed by atoms with E-state index in [-0.39, 0.29) is 50.6 Å². The van der Waals surface area contributed by atoms with E-state index >= 15 is 0 Å². The van der Waals surface area contributed by atoms with E-state index < -0.39 is 12.0 Å². The predicted molar refractivity (Wildman–Crippen MR) is 226 cm³/mol. The van der Waals surface area contributed by atoms with Crippen molar-refractivity contribution in [2.75, 3.05) is 32.8 Å². The number of ether oxygens (including phenoxy) is 2. The van der Waals surface area contributed by atoms with Crippen molar-refractivity contribution in [3.8, 4) is 0 Å². The molecule has 320 valence electrons. The van der Waals surface area contributed by atoms with Crippen LogP contribution in [0.5, 0.6) is 0 Å². The average Bonchev–Trinajstić information content (AvgIpc) is 3.17. The number of hydrogen-bond donors (Lipinski definition) is 3.